The molecule has 0 bridgehead atoms. The molecular formula is C10H19F3N2O2. The van der Waals surface area contributed by atoms with E-state index in [1.165, 1.54) is 0 Å². The Labute approximate surface area is 98.9 Å². The molecule has 0 heterocycles. The van der Waals surface area contributed by atoms with Crippen LogP contribution in [0, 0.1) is 0 Å². The maximum Gasteiger partial charge on any atom is 0.401 e. The largest absolute Gasteiger partial charge is 0.465 e. The predicted octanol–water partition coefficient (Wildman–Crippen LogP) is 1.07. The third-order valence-electron chi connectivity index (χ3n) is 1.91. The number of hydrogen-bond acceptors (Lipinski definition) is 4. The molecule has 0 aromatic heterocycles. The van der Waals surface area contributed by atoms with Gasteiger partial charge in [-0.05, 0) is 20.8 Å². The van der Waals surface area contributed by atoms with Crippen LogP contribution in [0.3, 0.4) is 0 Å². The van der Waals surface area contributed by atoms with Crippen molar-refractivity contribution in [1.82, 2.24) is 10.6 Å². The molecule has 0 saturated carbocycles. The lowest BCUT2D eigenvalue weighted by molar-refractivity contribution is -0.142. The summed E-state index contributed by atoms with van der Waals surface area (Å²) in [5.74, 6) is -0.417. The van der Waals surface area contributed by atoms with Gasteiger partial charge in [-0.15, -0.1) is 0 Å². The molecular weight excluding hydrogens is 237 g/mol. The van der Waals surface area contributed by atoms with E-state index >= 15 is 0 Å². The molecule has 0 saturated heterocycles. The monoisotopic (exact) mass is 256 g/mol. The maximum absolute atomic E-state index is 12.0. The van der Waals surface area contributed by atoms with Crippen LogP contribution in [-0.4, -0.2) is 43.9 Å². The Hall–Kier alpha value is -0.820. The first kappa shape index (κ1) is 16.2. The Kier molecular flexibility index (Phi) is 6.48. The number of carbonyl (C=O) groups is 1. The molecule has 0 spiro atoms. The molecule has 7 heteroatoms. The highest BCUT2D eigenvalue weighted by Gasteiger charge is 2.30. The highest BCUT2D eigenvalue weighted by molar-refractivity contribution is 5.71. The van der Waals surface area contributed by atoms with E-state index in [1.807, 2.05) is 0 Å². The normalized spacial score (nSPS) is 12.6. The van der Waals surface area contributed by atoms with E-state index in [4.69, 9.17) is 0 Å². The molecule has 17 heavy (non-hydrogen) atoms. The molecule has 0 fully saturated rings. The summed E-state index contributed by atoms with van der Waals surface area (Å²) in [6.45, 7) is 4.39. The van der Waals surface area contributed by atoms with E-state index in [-0.39, 0.29) is 19.7 Å². The lowest BCUT2D eigenvalue weighted by Crippen LogP contribution is -2.51. The quantitative estimate of drug-likeness (QED) is 0.669. The second-order valence-corrected chi connectivity index (χ2v) is 4.26. The molecule has 0 unspecified atom stereocenters. The number of esters is 1. The third-order valence-corrected chi connectivity index (χ3v) is 1.91. The lowest BCUT2D eigenvalue weighted by Gasteiger charge is -2.27. The van der Waals surface area contributed by atoms with E-state index in [1.54, 1.807) is 20.8 Å². The van der Waals surface area contributed by atoms with Gasteiger partial charge in [0.15, 0.2) is 0 Å². The van der Waals surface area contributed by atoms with Crippen LogP contribution < -0.4 is 10.6 Å². The van der Waals surface area contributed by atoms with Crippen molar-refractivity contribution in [3.05, 3.63) is 0 Å². The first-order valence-electron chi connectivity index (χ1n) is 5.34. The van der Waals surface area contributed by atoms with E-state index in [0.29, 0.717) is 0 Å². The van der Waals surface area contributed by atoms with Gasteiger partial charge in [-0.1, -0.05) is 0 Å². The Balaban J connectivity index is 3.82. The van der Waals surface area contributed by atoms with Crippen molar-refractivity contribution in [3.8, 4) is 0 Å². The molecule has 0 aliphatic rings. The summed E-state index contributed by atoms with van der Waals surface area (Å²) < 4.78 is 40.6. The Bertz CT molecular complexity index is 242. The van der Waals surface area contributed by atoms with E-state index in [2.05, 4.69) is 15.4 Å². The SMILES string of the molecule is CCOC(=O)CNCC(C)(C)NCC(F)(F)F. The second kappa shape index (κ2) is 6.80. The molecule has 0 amide bonds. The van der Waals surface area contributed by atoms with Crippen LogP contribution in [-0.2, 0) is 9.53 Å². The van der Waals surface area contributed by atoms with Crippen molar-refractivity contribution in [2.45, 2.75) is 32.5 Å². The maximum atomic E-state index is 12.0. The van der Waals surface area contributed by atoms with Gasteiger partial charge in [0.25, 0.3) is 0 Å². The predicted molar refractivity (Wildman–Crippen MR) is 57.6 cm³/mol. The summed E-state index contributed by atoms with van der Waals surface area (Å²) in [5.41, 5.74) is -0.748. The Morgan fingerprint density at radius 1 is 1.24 bits per heavy atom. The second-order valence-electron chi connectivity index (χ2n) is 4.26. The van der Waals surface area contributed by atoms with Gasteiger partial charge < -0.3 is 15.4 Å². The fraction of sp³-hybridized carbons (Fsp3) is 0.900. The number of alkyl halides is 3. The van der Waals surface area contributed by atoms with E-state index in [0.717, 1.165) is 0 Å². The molecule has 0 rings (SSSR count). The molecule has 0 atom stereocenters. The molecule has 0 aliphatic carbocycles. The zero-order chi connectivity index (χ0) is 13.5. The van der Waals surface area contributed by atoms with Gasteiger partial charge in [0.05, 0.1) is 19.7 Å². The molecule has 102 valence electrons. The van der Waals surface area contributed by atoms with Gasteiger partial charge in [0, 0.05) is 12.1 Å². The highest BCUT2D eigenvalue weighted by atomic mass is 19.4. The number of ether oxygens (including phenoxy) is 1. The smallest absolute Gasteiger partial charge is 0.401 e. The Morgan fingerprint density at radius 3 is 2.29 bits per heavy atom. The third kappa shape index (κ3) is 10.1. The van der Waals surface area contributed by atoms with Crippen molar-refractivity contribution >= 4 is 5.97 Å². The summed E-state index contributed by atoms with van der Waals surface area (Å²) in [4.78, 5) is 11.0. The van der Waals surface area contributed by atoms with Crippen LogP contribution in [0.2, 0.25) is 0 Å². The fourth-order valence-corrected chi connectivity index (χ4v) is 1.09. The number of hydrogen-bond donors (Lipinski definition) is 2. The van der Waals surface area contributed by atoms with Gasteiger partial charge in [0.1, 0.15) is 0 Å². The zero-order valence-corrected chi connectivity index (χ0v) is 10.3. The van der Waals surface area contributed by atoms with Crippen molar-refractivity contribution in [3.63, 3.8) is 0 Å². The van der Waals surface area contributed by atoms with Crippen LogP contribution in [0.25, 0.3) is 0 Å². The van der Waals surface area contributed by atoms with E-state index < -0.39 is 24.2 Å². The molecule has 0 radical (unpaired) electrons. The van der Waals surface area contributed by atoms with Crippen LogP contribution in [0.1, 0.15) is 20.8 Å². The fourth-order valence-electron chi connectivity index (χ4n) is 1.09. The lowest BCUT2D eigenvalue weighted by atomic mass is 10.1. The van der Waals surface area contributed by atoms with Crippen molar-refractivity contribution < 1.29 is 22.7 Å². The highest BCUT2D eigenvalue weighted by Crippen LogP contribution is 2.14. The van der Waals surface area contributed by atoms with Crippen LogP contribution >= 0.6 is 0 Å². The summed E-state index contributed by atoms with van der Waals surface area (Å²) >= 11 is 0. The zero-order valence-electron chi connectivity index (χ0n) is 10.3. The average molecular weight is 256 g/mol. The molecule has 2 N–H and O–H groups in total. The van der Waals surface area contributed by atoms with Gasteiger partial charge in [-0.3, -0.25) is 4.79 Å². The first-order valence-corrected chi connectivity index (χ1v) is 5.34. The van der Waals surface area contributed by atoms with Gasteiger partial charge in [-0.2, -0.15) is 13.2 Å². The molecule has 4 nitrogen and oxygen atoms in total. The average Bonchev–Trinajstić information content (AvgIpc) is 2.14. The number of nitrogens with one attached hydrogen (secondary N) is 2. The van der Waals surface area contributed by atoms with Gasteiger partial charge in [-0.25, -0.2) is 0 Å². The summed E-state index contributed by atoms with van der Waals surface area (Å²) in [5, 5.41) is 5.11. The topological polar surface area (TPSA) is 50.4 Å². The number of rotatable bonds is 7. The first-order chi connectivity index (χ1) is 7.66. The number of halogens is 3. The van der Waals surface area contributed by atoms with Crippen molar-refractivity contribution in [2.24, 2.45) is 0 Å². The van der Waals surface area contributed by atoms with Gasteiger partial charge >= 0.3 is 12.1 Å². The van der Waals surface area contributed by atoms with Crippen LogP contribution in [0.4, 0.5) is 13.2 Å². The minimum atomic E-state index is -4.24. The van der Waals surface area contributed by atoms with Crippen molar-refractivity contribution in [2.75, 3.05) is 26.2 Å². The van der Waals surface area contributed by atoms with Crippen LogP contribution in [0.15, 0.2) is 0 Å². The molecule has 0 aromatic rings. The number of carbonyl (C=O) groups excluding carboxylic acids is 1. The minimum Gasteiger partial charge on any atom is -0.465 e. The molecule has 0 aliphatic heterocycles. The summed E-state index contributed by atoms with van der Waals surface area (Å²) in [7, 11) is 0. The van der Waals surface area contributed by atoms with Crippen LogP contribution in [0.5, 0.6) is 0 Å². The van der Waals surface area contributed by atoms with Gasteiger partial charge in [0.2, 0.25) is 0 Å². The standard InChI is InChI=1S/C10H19F3N2O2/c1-4-17-8(16)5-14-6-9(2,3)15-7-10(11,12)13/h14-15H,4-7H2,1-3H3. The summed E-state index contributed by atoms with van der Waals surface area (Å²) in [6, 6.07) is 0. The Morgan fingerprint density at radius 2 is 1.82 bits per heavy atom. The van der Waals surface area contributed by atoms with Crippen molar-refractivity contribution in [1.29, 1.82) is 0 Å². The molecule has 0 aromatic carbocycles. The van der Waals surface area contributed by atoms with E-state index in [9.17, 15) is 18.0 Å². The minimum absolute atomic E-state index is 0.00896. The summed E-state index contributed by atoms with van der Waals surface area (Å²) in [6.07, 6.45) is -4.24.